The molecule has 1 fully saturated rings. The van der Waals surface area contributed by atoms with E-state index in [0.717, 1.165) is 61.1 Å². The van der Waals surface area contributed by atoms with Gasteiger partial charge in [0.15, 0.2) is 0 Å². The maximum Gasteiger partial charge on any atom is 0.219 e. The van der Waals surface area contributed by atoms with Crippen LogP contribution < -0.4 is 9.47 Å². The molecule has 2 aliphatic rings. The van der Waals surface area contributed by atoms with Crippen molar-refractivity contribution < 1.29 is 18.7 Å². The molecule has 0 spiro atoms. The molecule has 0 aliphatic carbocycles. The first-order valence-electron chi connectivity index (χ1n) is 10.4. The Kier molecular flexibility index (Phi) is 5.81. The summed E-state index contributed by atoms with van der Waals surface area (Å²) in [6, 6.07) is 9.94. The van der Waals surface area contributed by atoms with Crippen LogP contribution in [0.25, 0.3) is 0 Å². The Balaban J connectivity index is 1.51. The molecule has 0 saturated carbocycles. The standard InChI is InChI=1S/C23H30N2O4/c1-16-6-7-21(28-16)14-24-10-4-5-18(12-24)23-15-25(17(2)26)13-19-11-20(27-3)8-9-22(19)29-23/h6-9,11,18,23H,4-5,10,12-15H2,1-3H3. The largest absolute Gasteiger partial charge is 0.497 e. The van der Waals surface area contributed by atoms with E-state index in [0.29, 0.717) is 19.0 Å². The maximum absolute atomic E-state index is 12.3. The van der Waals surface area contributed by atoms with Crippen molar-refractivity contribution in [2.75, 3.05) is 26.7 Å². The lowest BCUT2D eigenvalue weighted by molar-refractivity contribution is -0.130. The van der Waals surface area contributed by atoms with E-state index < -0.39 is 0 Å². The number of benzene rings is 1. The Labute approximate surface area is 172 Å². The van der Waals surface area contributed by atoms with Crippen LogP contribution in [0.3, 0.4) is 0 Å². The molecule has 6 nitrogen and oxygen atoms in total. The van der Waals surface area contributed by atoms with Gasteiger partial charge in [-0.05, 0) is 56.6 Å². The van der Waals surface area contributed by atoms with Crippen molar-refractivity contribution in [1.29, 1.82) is 0 Å². The minimum absolute atomic E-state index is 0.0188. The number of hydrogen-bond donors (Lipinski definition) is 0. The molecule has 0 radical (unpaired) electrons. The average Bonchev–Trinajstić information content (AvgIpc) is 3.01. The zero-order chi connectivity index (χ0) is 20.4. The van der Waals surface area contributed by atoms with Gasteiger partial charge in [0.1, 0.15) is 29.1 Å². The number of nitrogens with zero attached hydrogens (tertiary/aromatic N) is 2. The van der Waals surface area contributed by atoms with Gasteiger partial charge >= 0.3 is 0 Å². The Morgan fingerprint density at radius 3 is 2.83 bits per heavy atom. The number of furan rings is 1. The summed E-state index contributed by atoms with van der Waals surface area (Å²) in [7, 11) is 1.65. The summed E-state index contributed by atoms with van der Waals surface area (Å²) < 4.78 is 17.6. The minimum Gasteiger partial charge on any atom is -0.497 e. The van der Waals surface area contributed by atoms with E-state index in [9.17, 15) is 4.79 Å². The third-order valence-corrected chi connectivity index (χ3v) is 6.00. The van der Waals surface area contributed by atoms with Crippen LogP contribution in [0.5, 0.6) is 11.5 Å². The number of aryl methyl sites for hydroxylation is 1. The van der Waals surface area contributed by atoms with E-state index >= 15 is 0 Å². The monoisotopic (exact) mass is 398 g/mol. The van der Waals surface area contributed by atoms with Crippen molar-refractivity contribution in [3.05, 3.63) is 47.4 Å². The number of likely N-dealkylation sites (tertiary alicyclic amines) is 1. The topological polar surface area (TPSA) is 55.2 Å². The number of carbonyl (C=O) groups excluding carboxylic acids is 1. The third-order valence-electron chi connectivity index (χ3n) is 6.00. The number of rotatable bonds is 4. The second kappa shape index (κ2) is 8.49. The molecule has 2 atom stereocenters. The van der Waals surface area contributed by atoms with Crippen LogP contribution in [0.1, 0.15) is 36.8 Å². The first-order valence-corrected chi connectivity index (χ1v) is 10.4. The fraction of sp³-hybridized carbons (Fsp3) is 0.522. The van der Waals surface area contributed by atoms with Gasteiger partial charge in [0.25, 0.3) is 0 Å². The first-order chi connectivity index (χ1) is 14.0. The molecule has 1 aromatic heterocycles. The van der Waals surface area contributed by atoms with E-state index in [1.54, 1.807) is 14.0 Å². The van der Waals surface area contributed by atoms with Gasteiger partial charge in [-0.3, -0.25) is 9.69 Å². The average molecular weight is 399 g/mol. The number of amides is 1. The van der Waals surface area contributed by atoms with Gasteiger partial charge in [-0.25, -0.2) is 0 Å². The zero-order valence-electron chi connectivity index (χ0n) is 17.5. The highest BCUT2D eigenvalue weighted by atomic mass is 16.5. The predicted molar refractivity (Wildman–Crippen MR) is 110 cm³/mol. The van der Waals surface area contributed by atoms with Gasteiger partial charge in [0.05, 0.1) is 20.2 Å². The SMILES string of the molecule is COc1ccc2c(c1)CN(C(C)=O)CC(C1CCCN(Cc3ccc(C)o3)C1)O2. The lowest BCUT2D eigenvalue weighted by Crippen LogP contribution is -2.46. The molecule has 3 heterocycles. The molecule has 1 amide bonds. The molecule has 2 aliphatic heterocycles. The lowest BCUT2D eigenvalue weighted by atomic mass is 9.92. The molecule has 2 unspecified atom stereocenters. The van der Waals surface area contributed by atoms with Gasteiger partial charge in [0.2, 0.25) is 5.91 Å². The van der Waals surface area contributed by atoms with E-state index in [1.807, 2.05) is 36.1 Å². The minimum atomic E-state index is -0.0188. The van der Waals surface area contributed by atoms with Crippen molar-refractivity contribution in [1.82, 2.24) is 9.80 Å². The molecule has 6 heteroatoms. The Morgan fingerprint density at radius 1 is 1.24 bits per heavy atom. The van der Waals surface area contributed by atoms with Crippen LogP contribution in [0.15, 0.2) is 34.7 Å². The summed E-state index contributed by atoms with van der Waals surface area (Å²) in [6.45, 7) is 7.61. The highest BCUT2D eigenvalue weighted by Gasteiger charge is 2.33. The Morgan fingerprint density at radius 2 is 2.10 bits per heavy atom. The zero-order valence-corrected chi connectivity index (χ0v) is 17.5. The molecule has 1 aromatic carbocycles. The second-order valence-corrected chi connectivity index (χ2v) is 8.18. The van der Waals surface area contributed by atoms with Gasteiger partial charge in [-0.1, -0.05) is 0 Å². The molecule has 29 heavy (non-hydrogen) atoms. The molecular weight excluding hydrogens is 368 g/mol. The second-order valence-electron chi connectivity index (χ2n) is 8.18. The number of hydrogen-bond acceptors (Lipinski definition) is 5. The Hall–Kier alpha value is -2.47. The smallest absolute Gasteiger partial charge is 0.219 e. The van der Waals surface area contributed by atoms with Crippen molar-refractivity contribution in [2.45, 2.75) is 45.9 Å². The fourth-order valence-corrected chi connectivity index (χ4v) is 4.42. The number of carbonyl (C=O) groups is 1. The predicted octanol–water partition coefficient (Wildman–Crippen LogP) is 3.62. The highest BCUT2D eigenvalue weighted by Crippen LogP contribution is 2.33. The quantitative estimate of drug-likeness (QED) is 0.787. The molecule has 1 saturated heterocycles. The highest BCUT2D eigenvalue weighted by molar-refractivity contribution is 5.73. The number of methoxy groups -OCH3 is 1. The molecule has 0 N–H and O–H groups in total. The summed E-state index contributed by atoms with van der Waals surface area (Å²) >= 11 is 0. The summed E-state index contributed by atoms with van der Waals surface area (Å²) in [5.41, 5.74) is 1.00. The molecule has 4 rings (SSSR count). The van der Waals surface area contributed by atoms with Crippen molar-refractivity contribution in [2.24, 2.45) is 5.92 Å². The van der Waals surface area contributed by atoms with E-state index in [-0.39, 0.29) is 12.0 Å². The molecule has 2 aromatic rings. The number of fused-ring (bicyclic) bond motifs is 1. The summed E-state index contributed by atoms with van der Waals surface area (Å²) in [6.07, 6.45) is 2.21. The summed E-state index contributed by atoms with van der Waals surface area (Å²) in [5.74, 6) is 4.05. The number of piperidine rings is 1. The van der Waals surface area contributed by atoms with Crippen molar-refractivity contribution in [3.63, 3.8) is 0 Å². The lowest BCUT2D eigenvalue weighted by Gasteiger charge is -2.37. The third kappa shape index (κ3) is 4.58. The van der Waals surface area contributed by atoms with Crippen LogP contribution in [-0.4, -0.2) is 48.6 Å². The van der Waals surface area contributed by atoms with Crippen LogP contribution in [0, 0.1) is 12.8 Å². The van der Waals surface area contributed by atoms with E-state index in [1.165, 1.54) is 0 Å². The van der Waals surface area contributed by atoms with Crippen molar-refractivity contribution in [3.8, 4) is 11.5 Å². The van der Waals surface area contributed by atoms with Crippen LogP contribution in [0.4, 0.5) is 0 Å². The maximum atomic E-state index is 12.3. The molecule has 156 valence electrons. The van der Waals surface area contributed by atoms with E-state index in [4.69, 9.17) is 13.9 Å². The van der Waals surface area contributed by atoms with Crippen LogP contribution in [0.2, 0.25) is 0 Å². The molecular formula is C23H30N2O4. The normalized spacial score (nSPS) is 22.5. The van der Waals surface area contributed by atoms with Gasteiger partial charge < -0.3 is 18.8 Å². The summed E-state index contributed by atoms with van der Waals surface area (Å²) in [5, 5.41) is 0. The first kappa shape index (κ1) is 19.8. The fourth-order valence-electron chi connectivity index (χ4n) is 4.42. The van der Waals surface area contributed by atoms with Crippen LogP contribution in [-0.2, 0) is 17.9 Å². The van der Waals surface area contributed by atoms with Crippen molar-refractivity contribution >= 4 is 5.91 Å². The molecule has 0 bridgehead atoms. The Bertz CT molecular complexity index is 862. The van der Waals surface area contributed by atoms with Crippen LogP contribution >= 0.6 is 0 Å². The van der Waals surface area contributed by atoms with Gasteiger partial charge in [0, 0.05) is 31.5 Å². The van der Waals surface area contributed by atoms with Gasteiger partial charge in [-0.2, -0.15) is 0 Å². The summed E-state index contributed by atoms with van der Waals surface area (Å²) in [4.78, 5) is 16.6. The van der Waals surface area contributed by atoms with Gasteiger partial charge in [-0.15, -0.1) is 0 Å². The number of ether oxygens (including phenoxy) is 2. The van der Waals surface area contributed by atoms with E-state index in [2.05, 4.69) is 11.0 Å².